The third kappa shape index (κ3) is 3.78. The van der Waals surface area contributed by atoms with E-state index in [-0.39, 0.29) is 5.02 Å². The Morgan fingerprint density at radius 3 is 2.70 bits per heavy atom. The Labute approximate surface area is 179 Å². The van der Waals surface area contributed by atoms with Crippen molar-refractivity contribution >= 4 is 23.3 Å². The Hall–Kier alpha value is -2.91. The number of carboxylic acids is 1. The Bertz CT molecular complexity index is 1050. The van der Waals surface area contributed by atoms with Crippen LogP contribution in [0.3, 0.4) is 0 Å². The summed E-state index contributed by atoms with van der Waals surface area (Å²) in [5.41, 5.74) is 0.505. The summed E-state index contributed by atoms with van der Waals surface area (Å²) >= 11 is 6.31. The molecule has 0 spiro atoms. The molecule has 0 saturated heterocycles. The molecule has 1 N–H and O–H groups in total. The molecule has 1 heterocycles. The molecular weight excluding hydrogens is 407 g/mol. The molecule has 30 heavy (non-hydrogen) atoms. The Morgan fingerprint density at radius 1 is 1.37 bits per heavy atom. The largest absolute Gasteiger partial charge is 0.497 e. The summed E-state index contributed by atoms with van der Waals surface area (Å²) in [6.45, 7) is 3.29. The minimum absolute atomic E-state index is 0.0996. The van der Waals surface area contributed by atoms with Gasteiger partial charge in [-0.1, -0.05) is 29.8 Å². The second kappa shape index (κ2) is 8.45. The highest BCUT2D eigenvalue weighted by atomic mass is 35.5. The van der Waals surface area contributed by atoms with E-state index in [1.165, 1.54) is 12.1 Å². The number of nitriles is 1. The SMILES string of the molecule is COc1cccc(CC2=NC(C)C(C)(C(=O)O)C(c3ccc(F)cc3Cl)C2C#N)c1. The molecule has 1 aliphatic rings. The summed E-state index contributed by atoms with van der Waals surface area (Å²) in [6, 6.07) is 12.9. The van der Waals surface area contributed by atoms with Crippen LogP contribution in [0.4, 0.5) is 4.39 Å². The molecule has 0 aromatic heterocycles. The summed E-state index contributed by atoms with van der Waals surface area (Å²) in [7, 11) is 1.57. The fraction of sp³-hybridized carbons (Fsp3) is 0.348. The Morgan fingerprint density at radius 2 is 2.10 bits per heavy atom. The van der Waals surface area contributed by atoms with E-state index in [1.807, 2.05) is 24.3 Å². The van der Waals surface area contributed by atoms with E-state index in [2.05, 4.69) is 11.1 Å². The lowest BCUT2D eigenvalue weighted by Crippen LogP contribution is -2.50. The van der Waals surface area contributed by atoms with Gasteiger partial charge in [-0.3, -0.25) is 9.79 Å². The first-order chi connectivity index (χ1) is 14.2. The van der Waals surface area contributed by atoms with E-state index in [9.17, 15) is 19.6 Å². The van der Waals surface area contributed by atoms with Gasteiger partial charge in [-0.15, -0.1) is 0 Å². The molecule has 2 aromatic rings. The molecular formula is C23H22ClFN2O3. The number of methoxy groups -OCH3 is 1. The van der Waals surface area contributed by atoms with Crippen molar-refractivity contribution in [3.05, 3.63) is 64.4 Å². The number of carboxylic acid groups (broad SMARTS) is 1. The van der Waals surface area contributed by atoms with Gasteiger partial charge in [0.25, 0.3) is 0 Å². The number of benzene rings is 2. The van der Waals surface area contributed by atoms with Crippen LogP contribution in [-0.2, 0) is 11.2 Å². The maximum atomic E-state index is 13.7. The predicted octanol–water partition coefficient (Wildman–Crippen LogP) is 4.89. The fourth-order valence-corrected chi connectivity index (χ4v) is 4.41. The Balaban J connectivity index is 2.14. The maximum absolute atomic E-state index is 13.7. The summed E-state index contributed by atoms with van der Waals surface area (Å²) in [5.74, 6) is -2.55. The normalized spacial score (nSPS) is 25.9. The standard InChI is InChI=1S/C23H22ClFN2O3/c1-13-23(2,22(28)29)21(17-8-7-15(25)11-19(17)24)18(12-26)20(27-13)10-14-5-4-6-16(9-14)30-3/h4-9,11,13,18,21H,10H2,1-3H3,(H,28,29). The van der Waals surface area contributed by atoms with Crippen molar-refractivity contribution in [3.8, 4) is 11.8 Å². The van der Waals surface area contributed by atoms with Gasteiger partial charge < -0.3 is 9.84 Å². The van der Waals surface area contributed by atoms with Gasteiger partial charge in [0.1, 0.15) is 11.6 Å². The highest BCUT2D eigenvalue weighted by molar-refractivity contribution is 6.31. The number of ether oxygens (including phenoxy) is 1. The van der Waals surface area contributed by atoms with Gasteiger partial charge in [-0.2, -0.15) is 5.26 Å². The minimum Gasteiger partial charge on any atom is -0.497 e. The quantitative estimate of drug-likeness (QED) is 0.735. The van der Waals surface area contributed by atoms with Crippen molar-refractivity contribution in [1.82, 2.24) is 0 Å². The zero-order valence-corrected chi connectivity index (χ0v) is 17.7. The molecule has 0 radical (unpaired) electrons. The van der Waals surface area contributed by atoms with E-state index in [1.54, 1.807) is 21.0 Å². The number of hydrogen-bond acceptors (Lipinski definition) is 4. The molecule has 5 nitrogen and oxygen atoms in total. The molecule has 0 aliphatic carbocycles. The van der Waals surface area contributed by atoms with Gasteiger partial charge in [-0.05, 0) is 49.2 Å². The molecule has 4 atom stereocenters. The predicted molar refractivity (Wildman–Crippen MR) is 113 cm³/mol. The van der Waals surface area contributed by atoms with Crippen molar-refractivity contribution in [2.75, 3.05) is 7.11 Å². The van der Waals surface area contributed by atoms with E-state index in [0.29, 0.717) is 23.4 Å². The molecule has 4 unspecified atom stereocenters. The first kappa shape index (κ1) is 21.8. The van der Waals surface area contributed by atoms with Crippen LogP contribution in [0.25, 0.3) is 0 Å². The van der Waals surface area contributed by atoms with Crippen LogP contribution < -0.4 is 4.74 Å². The Kier molecular flexibility index (Phi) is 6.14. The molecule has 2 aromatic carbocycles. The number of halogens is 2. The zero-order chi connectivity index (χ0) is 22.1. The number of carbonyl (C=O) groups is 1. The van der Waals surface area contributed by atoms with Crippen molar-refractivity contribution in [3.63, 3.8) is 0 Å². The van der Waals surface area contributed by atoms with Crippen molar-refractivity contribution < 1.29 is 19.0 Å². The molecule has 1 aliphatic heterocycles. The lowest BCUT2D eigenvalue weighted by Gasteiger charge is -2.44. The maximum Gasteiger partial charge on any atom is 0.312 e. The smallest absolute Gasteiger partial charge is 0.312 e. The molecule has 3 rings (SSSR count). The van der Waals surface area contributed by atoms with Crippen molar-refractivity contribution in [2.45, 2.75) is 32.2 Å². The number of rotatable bonds is 5. The second-order valence-electron chi connectivity index (χ2n) is 7.66. The molecule has 156 valence electrons. The second-order valence-corrected chi connectivity index (χ2v) is 8.07. The van der Waals surface area contributed by atoms with Gasteiger partial charge >= 0.3 is 5.97 Å². The van der Waals surface area contributed by atoms with Gasteiger partial charge in [0.05, 0.1) is 30.6 Å². The van der Waals surface area contributed by atoms with Crippen LogP contribution in [0, 0.1) is 28.5 Å². The summed E-state index contributed by atoms with van der Waals surface area (Å²) in [4.78, 5) is 17.0. The number of aliphatic carboxylic acids is 1. The van der Waals surface area contributed by atoms with E-state index in [0.717, 1.165) is 11.6 Å². The minimum atomic E-state index is -1.39. The van der Waals surface area contributed by atoms with Gasteiger partial charge in [0.2, 0.25) is 0 Å². The monoisotopic (exact) mass is 428 g/mol. The van der Waals surface area contributed by atoms with Crippen molar-refractivity contribution in [2.24, 2.45) is 16.3 Å². The van der Waals surface area contributed by atoms with Crippen molar-refractivity contribution in [1.29, 1.82) is 5.26 Å². The zero-order valence-electron chi connectivity index (χ0n) is 16.9. The van der Waals surface area contributed by atoms with Crippen LogP contribution >= 0.6 is 11.6 Å². The average Bonchev–Trinajstić information content (AvgIpc) is 2.71. The van der Waals surface area contributed by atoms with Crippen LogP contribution in [0.1, 0.15) is 30.9 Å². The molecule has 0 saturated carbocycles. The lowest BCUT2D eigenvalue weighted by atomic mass is 9.60. The summed E-state index contributed by atoms with van der Waals surface area (Å²) < 4.78 is 18.9. The summed E-state index contributed by atoms with van der Waals surface area (Å²) in [5, 5.41) is 20.2. The average molecular weight is 429 g/mol. The van der Waals surface area contributed by atoms with Crippen LogP contribution in [0.15, 0.2) is 47.5 Å². The van der Waals surface area contributed by atoms with E-state index < -0.39 is 35.1 Å². The number of hydrogen-bond donors (Lipinski definition) is 1. The number of nitrogens with zero attached hydrogens (tertiary/aromatic N) is 2. The highest BCUT2D eigenvalue weighted by Crippen LogP contribution is 2.50. The number of aliphatic imine (C=N–C) groups is 1. The topological polar surface area (TPSA) is 82.7 Å². The third-order valence-electron chi connectivity index (χ3n) is 5.98. The molecule has 0 amide bonds. The van der Waals surface area contributed by atoms with Crippen LogP contribution in [0.2, 0.25) is 5.02 Å². The van der Waals surface area contributed by atoms with Crippen LogP contribution in [0.5, 0.6) is 5.75 Å². The van der Waals surface area contributed by atoms with Gasteiger partial charge in [0, 0.05) is 23.1 Å². The summed E-state index contributed by atoms with van der Waals surface area (Å²) in [6.07, 6.45) is 0.366. The first-order valence-electron chi connectivity index (χ1n) is 9.49. The lowest BCUT2D eigenvalue weighted by molar-refractivity contribution is -0.151. The fourth-order valence-electron chi connectivity index (χ4n) is 4.13. The molecule has 0 fully saturated rings. The van der Waals surface area contributed by atoms with Crippen LogP contribution in [-0.4, -0.2) is 29.9 Å². The molecule has 7 heteroatoms. The van der Waals surface area contributed by atoms with Gasteiger partial charge in [0.15, 0.2) is 0 Å². The van der Waals surface area contributed by atoms with Gasteiger partial charge in [-0.25, -0.2) is 4.39 Å². The van der Waals surface area contributed by atoms with E-state index >= 15 is 0 Å². The van der Waals surface area contributed by atoms with E-state index in [4.69, 9.17) is 16.3 Å². The first-order valence-corrected chi connectivity index (χ1v) is 9.87. The highest BCUT2D eigenvalue weighted by Gasteiger charge is 2.54. The third-order valence-corrected chi connectivity index (χ3v) is 6.31. The molecule has 0 bridgehead atoms.